The molecule has 1 saturated heterocycles. The van der Waals surface area contributed by atoms with E-state index >= 15 is 0 Å². The summed E-state index contributed by atoms with van der Waals surface area (Å²) in [6, 6.07) is 6.48. The summed E-state index contributed by atoms with van der Waals surface area (Å²) in [5.74, 6) is 0. The van der Waals surface area contributed by atoms with E-state index in [0.717, 1.165) is 32.7 Å². The molecule has 1 aromatic rings. The minimum absolute atomic E-state index is 0.537. The van der Waals surface area contributed by atoms with Gasteiger partial charge in [-0.3, -0.25) is 4.90 Å². The largest absolute Gasteiger partial charge is 0.397 e. The molecule has 1 aliphatic rings. The van der Waals surface area contributed by atoms with E-state index in [1.165, 1.54) is 5.56 Å². The second-order valence-corrected chi connectivity index (χ2v) is 5.61. The van der Waals surface area contributed by atoms with Crippen molar-refractivity contribution in [3.63, 3.8) is 0 Å². The Bertz CT molecular complexity index is 418. The van der Waals surface area contributed by atoms with E-state index in [0.29, 0.717) is 17.4 Å². The number of nitrogens with zero attached hydrogens (tertiary/aromatic N) is 2. The number of likely N-dealkylation sites (N-methyl/N-ethyl adjacent to an activating group) is 1. The van der Waals surface area contributed by atoms with Gasteiger partial charge in [0.25, 0.3) is 0 Å². The molecule has 1 aliphatic heterocycles. The van der Waals surface area contributed by atoms with Crippen molar-refractivity contribution in [3.05, 3.63) is 23.8 Å². The van der Waals surface area contributed by atoms with Crippen LogP contribution in [-0.4, -0.2) is 56.1 Å². The second kappa shape index (κ2) is 6.23. The van der Waals surface area contributed by atoms with Gasteiger partial charge in [0.15, 0.2) is 0 Å². The fourth-order valence-corrected chi connectivity index (χ4v) is 2.58. The van der Waals surface area contributed by atoms with Crippen molar-refractivity contribution in [3.8, 4) is 0 Å². The summed E-state index contributed by atoms with van der Waals surface area (Å²) in [4.78, 5) is 4.69. The molecule has 1 unspecified atom stereocenters. The number of benzene rings is 1. The smallest absolute Gasteiger partial charge is 0.0551 e. The molecule has 5 nitrogen and oxygen atoms in total. The van der Waals surface area contributed by atoms with Crippen LogP contribution in [0.15, 0.2) is 18.2 Å². The van der Waals surface area contributed by atoms with Crippen LogP contribution >= 0.6 is 0 Å². The van der Waals surface area contributed by atoms with E-state index < -0.39 is 0 Å². The molecule has 0 aromatic heterocycles. The monoisotopic (exact) mass is 263 g/mol. The number of rotatable bonds is 4. The van der Waals surface area contributed by atoms with Crippen LogP contribution in [0.25, 0.3) is 0 Å². The molecular formula is C14H25N5. The second-order valence-electron chi connectivity index (χ2n) is 5.61. The van der Waals surface area contributed by atoms with Gasteiger partial charge in [0, 0.05) is 38.8 Å². The molecule has 1 atom stereocenters. The first-order valence-corrected chi connectivity index (χ1v) is 6.79. The van der Waals surface area contributed by atoms with Crippen molar-refractivity contribution in [1.29, 1.82) is 0 Å². The summed E-state index contributed by atoms with van der Waals surface area (Å²) in [5, 5.41) is 3.56. The van der Waals surface area contributed by atoms with E-state index in [9.17, 15) is 0 Å². The Labute approximate surface area is 115 Å². The molecule has 19 heavy (non-hydrogen) atoms. The van der Waals surface area contributed by atoms with Gasteiger partial charge in [0.05, 0.1) is 11.4 Å². The maximum absolute atomic E-state index is 5.86. The molecule has 0 radical (unpaired) electrons. The highest BCUT2D eigenvalue weighted by Crippen LogP contribution is 2.17. The van der Waals surface area contributed by atoms with Gasteiger partial charge in [-0.2, -0.15) is 0 Å². The zero-order chi connectivity index (χ0) is 13.8. The van der Waals surface area contributed by atoms with Gasteiger partial charge >= 0.3 is 0 Å². The standard InChI is InChI=1S/C14H25N5/c1-18(2)9-12-10-19(6-5-17-12)8-11-3-4-13(15)14(16)7-11/h3-4,7,12,17H,5-6,8-10,15-16H2,1-2H3. The fraction of sp³-hybridized carbons (Fsp3) is 0.571. The number of anilines is 2. The average molecular weight is 263 g/mol. The van der Waals surface area contributed by atoms with Crippen molar-refractivity contribution in [2.24, 2.45) is 0 Å². The minimum Gasteiger partial charge on any atom is -0.397 e. The molecule has 0 bridgehead atoms. The van der Waals surface area contributed by atoms with E-state index in [1.54, 1.807) is 0 Å². The highest BCUT2D eigenvalue weighted by Gasteiger charge is 2.19. The fourth-order valence-electron chi connectivity index (χ4n) is 2.58. The normalized spacial score (nSPS) is 20.9. The lowest BCUT2D eigenvalue weighted by Gasteiger charge is -2.35. The van der Waals surface area contributed by atoms with Gasteiger partial charge in [-0.15, -0.1) is 0 Å². The first-order chi connectivity index (χ1) is 9.04. The van der Waals surface area contributed by atoms with Gasteiger partial charge in [0.2, 0.25) is 0 Å². The number of nitrogens with one attached hydrogen (secondary N) is 1. The number of nitrogens with two attached hydrogens (primary N) is 2. The molecule has 2 rings (SSSR count). The van der Waals surface area contributed by atoms with E-state index in [1.807, 2.05) is 12.1 Å². The Hall–Kier alpha value is -1.30. The van der Waals surface area contributed by atoms with Crippen LogP contribution in [0.2, 0.25) is 0 Å². The summed E-state index contributed by atoms with van der Waals surface area (Å²) in [5.41, 5.74) is 14.2. The van der Waals surface area contributed by atoms with Crippen LogP contribution in [-0.2, 0) is 6.54 Å². The summed E-state index contributed by atoms with van der Waals surface area (Å²) in [6.07, 6.45) is 0. The third kappa shape index (κ3) is 4.09. The molecule has 0 spiro atoms. The lowest BCUT2D eigenvalue weighted by atomic mass is 10.1. The number of hydrogen-bond donors (Lipinski definition) is 3. The molecule has 1 heterocycles. The molecule has 0 saturated carbocycles. The SMILES string of the molecule is CN(C)CC1CN(Cc2ccc(N)c(N)c2)CCN1. The summed E-state index contributed by atoms with van der Waals surface area (Å²) in [7, 11) is 4.22. The Morgan fingerprint density at radius 3 is 2.79 bits per heavy atom. The van der Waals surface area contributed by atoms with Gasteiger partial charge in [-0.25, -0.2) is 0 Å². The predicted octanol–water partition coefficient (Wildman–Crippen LogP) is 0.186. The van der Waals surface area contributed by atoms with Crippen molar-refractivity contribution < 1.29 is 0 Å². The Morgan fingerprint density at radius 1 is 1.32 bits per heavy atom. The Balaban J connectivity index is 1.92. The average Bonchev–Trinajstić information content (AvgIpc) is 2.33. The van der Waals surface area contributed by atoms with Crippen molar-refractivity contribution in [2.75, 3.05) is 51.7 Å². The molecule has 0 aliphatic carbocycles. The first kappa shape index (κ1) is 14.1. The maximum Gasteiger partial charge on any atom is 0.0551 e. The summed E-state index contributed by atoms with van der Waals surface area (Å²) in [6.45, 7) is 5.20. The van der Waals surface area contributed by atoms with Crippen LogP contribution in [0.3, 0.4) is 0 Å². The molecule has 5 heteroatoms. The molecule has 1 fully saturated rings. The topological polar surface area (TPSA) is 70.5 Å². The van der Waals surface area contributed by atoms with Crippen LogP contribution < -0.4 is 16.8 Å². The van der Waals surface area contributed by atoms with E-state index in [2.05, 4.69) is 35.3 Å². The van der Waals surface area contributed by atoms with Crippen molar-refractivity contribution in [1.82, 2.24) is 15.1 Å². The lowest BCUT2D eigenvalue weighted by Crippen LogP contribution is -2.53. The quantitative estimate of drug-likeness (QED) is 0.676. The summed E-state index contributed by atoms with van der Waals surface area (Å²) >= 11 is 0. The highest BCUT2D eigenvalue weighted by atomic mass is 15.2. The number of nitrogen functional groups attached to an aromatic ring is 2. The van der Waals surface area contributed by atoms with Crippen LogP contribution in [0.1, 0.15) is 5.56 Å². The molecule has 5 N–H and O–H groups in total. The third-order valence-electron chi connectivity index (χ3n) is 3.48. The van der Waals surface area contributed by atoms with Gasteiger partial charge in [-0.1, -0.05) is 6.07 Å². The molecular weight excluding hydrogens is 238 g/mol. The van der Waals surface area contributed by atoms with Crippen LogP contribution in [0.4, 0.5) is 11.4 Å². The van der Waals surface area contributed by atoms with Crippen LogP contribution in [0.5, 0.6) is 0 Å². The zero-order valence-electron chi connectivity index (χ0n) is 11.9. The van der Waals surface area contributed by atoms with Gasteiger partial charge in [-0.05, 0) is 31.8 Å². The van der Waals surface area contributed by atoms with Crippen molar-refractivity contribution in [2.45, 2.75) is 12.6 Å². The Morgan fingerprint density at radius 2 is 2.11 bits per heavy atom. The third-order valence-corrected chi connectivity index (χ3v) is 3.48. The number of piperazine rings is 1. The lowest BCUT2D eigenvalue weighted by molar-refractivity contribution is 0.172. The van der Waals surface area contributed by atoms with Gasteiger partial charge in [0.1, 0.15) is 0 Å². The van der Waals surface area contributed by atoms with Gasteiger partial charge < -0.3 is 21.7 Å². The molecule has 1 aromatic carbocycles. The molecule has 0 amide bonds. The van der Waals surface area contributed by atoms with E-state index in [4.69, 9.17) is 11.5 Å². The zero-order valence-corrected chi connectivity index (χ0v) is 11.9. The highest BCUT2D eigenvalue weighted by molar-refractivity contribution is 5.63. The molecule has 106 valence electrons. The first-order valence-electron chi connectivity index (χ1n) is 6.79. The maximum atomic E-state index is 5.86. The number of hydrogen-bond acceptors (Lipinski definition) is 5. The van der Waals surface area contributed by atoms with Crippen LogP contribution in [0, 0.1) is 0 Å². The summed E-state index contributed by atoms with van der Waals surface area (Å²) < 4.78 is 0. The minimum atomic E-state index is 0.537. The predicted molar refractivity (Wildman–Crippen MR) is 80.9 cm³/mol. The Kier molecular flexibility index (Phi) is 4.63. The van der Waals surface area contributed by atoms with E-state index in [-0.39, 0.29) is 0 Å². The van der Waals surface area contributed by atoms with Crippen molar-refractivity contribution >= 4 is 11.4 Å².